The number of β-lactam (4-membered cyclic amide) rings is 1. The van der Waals surface area contributed by atoms with Gasteiger partial charge in [0, 0.05) is 10.7 Å². The van der Waals surface area contributed by atoms with Crippen LogP contribution < -0.4 is 14.4 Å². The van der Waals surface area contributed by atoms with E-state index < -0.39 is 29.8 Å². The Balaban J connectivity index is 1.48. The summed E-state index contributed by atoms with van der Waals surface area (Å²) >= 11 is 31.2. The number of aryl methyl sites for hydroxylation is 1. The highest BCUT2D eigenvalue weighted by molar-refractivity contribution is 6.55. The molecule has 0 N–H and O–H groups in total. The van der Waals surface area contributed by atoms with Gasteiger partial charge < -0.3 is 14.4 Å². The van der Waals surface area contributed by atoms with Crippen LogP contribution in [0.3, 0.4) is 0 Å². The SMILES string of the molecule is Cc1ccc(N2C(=O)[C@H](N3C(=O)c4c(Cl)c(Cl)c(Cl)c(Cl)c4C3=O)[C@@H]2c2ccc3c(c2)OCO3)cc1Cl. The van der Waals surface area contributed by atoms with Crippen LogP contribution in [0.4, 0.5) is 5.69 Å². The average Bonchev–Trinajstić information content (AvgIpc) is 3.44. The number of nitrogens with zero attached hydrogens (tertiary/aromatic N) is 2. The highest BCUT2D eigenvalue weighted by Crippen LogP contribution is 2.50. The maximum atomic E-state index is 13.7. The van der Waals surface area contributed by atoms with E-state index in [0.717, 1.165) is 10.5 Å². The minimum Gasteiger partial charge on any atom is -0.454 e. The van der Waals surface area contributed by atoms with Crippen LogP contribution in [-0.4, -0.2) is 35.5 Å². The van der Waals surface area contributed by atoms with Crippen LogP contribution in [-0.2, 0) is 4.79 Å². The lowest BCUT2D eigenvalue weighted by Crippen LogP contribution is -2.67. The fourth-order valence-electron chi connectivity index (χ4n) is 4.79. The first kappa shape index (κ1) is 24.6. The van der Waals surface area contributed by atoms with E-state index in [-0.39, 0.29) is 38.0 Å². The minimum atomic E-state index is -1.21. The zero-order chi connectivity index (χ0) is 26.3. The van der Waals surface area contributed by atoms with Gasteiger partial charge in [0.1, 0.15) is 6.04 Å². The Morgan fingerprint density at radius 1 is 0.730 bits per heavy atom. The van der Waals surface area contributed by atoms with E-state index in [9.17, 15) is 14.4 Å². The van der Waals surface area contributed by atoms with Crippen LogP contribution in [0.15, 0.2) is 36.4 Å². The minimum absolute atomic E-state index is 0.0556. The molecule has 12 heteroatoms. The molecule has 6 rings (SSSR count). The molecular formula is C25H13Cl5N2O5. The molecule has 1 fully saturated rings. The fourth-order valence-corrected chi connectivity index (χ4v) is 5.98. The van der Waals surface area contributed by atoms with Crippen molar-refractivity contribution in [1.29, 1.82) is 0 Å². The number of benzene rings is 3. The van der Waals surface area contributed by atoms with Gasteiger partial charge in [-0.05, 0) is 42.3 Å². The Bertz CT molecular complexity index is 1530. The Morgan fingerprint density at radius 3 is 1.97 bits per heavy atom. The van der Waals surface area contributed by atoms with Crippen molar-refractivity contribution in [2.24, 2.45) is 0 Å². The van der Waals surface area contributed by atoms with E-state index in [4.69, 9.17) is 67.5 Å². The quantitative estimate of drug-likeness (QED) is 0.144. The molecule has 0 radical (unpaired) electrons. The number of hydrogen-bond acceptors (Lipinski definition) is 5. The summed E-state index contributed by atoms with van der Waals surface area (Å²) in [5, 5.41) is -0.265. The third kappa shape index (κ3) is 3.45. The van der Waals surface area contributed by atoms with Gasteiger partial charge in [0.15, 0.2) is 11.5 Å². The van der Waals surface area contributed by atoms with Crippen molar-refractivity contribution in [2.45, 2.75) is 19.0 Å². The van der Waals surface area contributed by atoms with E-state index in [1.165, 1.54) is 4.90 Å². The van der Waals surface area contributed by atoms with Crippen LogP contribution in [0.25, 0.3) is 0 Å². The van der Waals surface area contributed by atoms with Gasteiger partial charge in [-0.15, -0.1) is 0 Å². The van der Waals surface area contributed by atoms with Crippen molar-refractivity contribution in [1.82, 2.24) is 4.90 Å². The zero-order valence-corrected chi connectivity index (χ0v) is 22.4. The predicted molar refractivity (Wildman–Crippen MR) is 140 cm³/mol. The number of carbonyl (C=O) groups is 3. The van der Waals surface area contributed by atoms with Crippen LogP contribution in [0.5, 0.6) is 11.5 Å². The number of halogens is 5. The zero-order valence-electron chi connectivity index (χ0n) is 18.7. The number of rotatable bonds is 3. The smallest absolute Gasteiger partial charge is 0.264 e. The van der Waals surface area contributed by atoms with Gasteiger partial charge in [0.2, 0.25) is 6.79 Å². The first-order chi connectivity index (χ1) is 17.6. The molecule has 3 aliphatic heterocycles. The van der Waals surface area contributed by atoms with Gasteiger partial charge in [0.05, 0.1) is 37.3 Å². The monoisotopic (exact) mass is 596 g/mol. The van der Waals surface area contributed by atoms with Gasteiger partial charge in [-0.25, -0.2) is 0 Å². The molecule has 0 bridgehead atoms. The van der Waals surface area contributed by atoms with Crippen molar-refractivity contribution in [3.63, 3.8) is 0 Å². The molecular weight excluding hydrogens is 586 g/mol. The molecule has 1 saturated heterocycles. The molecule has 0 spiro atoms. The summed E-state index contributed by atoms with van der Waals surface area (Å²) in [6.07, 6.45) is 0. The summed E-state index contributed by atoms with van der Waals surface area (Å²) in [6, 6.07) is 8.34. The van der Waals surface area contributed by atoms with E-state index in [2.05, 4.69) is 0 Å². The number of carbonyl (C=O) groups excluding carboxylic acids is 3. The summed E-state index contributed by atoms with van der Waals surface area (Å²) in [4.78, 5) is 43.1. The maximum Gasteiger partial charge on any atom is 0.264 e. The Hall–Kier alpha value is -2.68. The van der Waals surface area contributed by atoms with E-state index in [1.807, 2.05) is 6.92 Å². The van der Waals surface area contributed by atoms with Crippen molar-refractivity contribution in [3.05, 3.63) is 83.8 Å². The molecule has 0 aliphatic carbocycles. The third-order valence-corrected chi connectivity index (χ3v) is 8.86. The second kappa shape index (κ2) is 8.68. The van der Waals surface area contributed by atoms with E-state index in [0.29, 0.717) is 27.8 Å². The number of anilines is 1. The lowest BCUT2D eigenvalue weighted by Gasteiger charge is -2.49. The first-order valence-corrected chi connectivity index (χ1v) is 12.7. The standard InChI is InChI=1S/C25H13Cl5N2O5/c1-9-2-4-11(7-12(9)26)31-21(10-3-5-13-14(6-10)37-8-36-13)22(25(31)35)32-23(33)15-16(24(32)34)18(28)20(30)19(29)17(15)27/h2-7,21-22H,8H2,1H3/t21-,22+/m0/s1. The highest BCUT2D eigenvalue weighted by Gasteiger charge is 2.58. The van der Waals surface area contributed by atoms with Crippen molar-refractivity contribution < 1.29 is 23.9 Å². The highest BCUT2D eigenvalue weighted by atomic mass is 35.5. The van der Waals surface area contributed by atoms with Gasteiger partial charge in [0.25, 0.3) is 17.7 Å². The fraction of sp³-hybridized carbons (Fsp3) is 0.160. The molecule has 0 unspecified atom stereocenters. The number of ether oxygens (including phenoxy) is 2. The summed E-state index contributed by atoms with van der Waals surface area (Å²) in [5.74, 6) is -1.07. The topological polar surface area (TPSA) is 76.2 Å². The molecule has 0 saturated carbocycles. The Kier molecular flexibility index (Phi) is 5.78. The lowest BCUT2D eigenvalue weighted by atomic mass is 9.86. The summed E-state index contributed by atoms with van der Waals surface area (Å²) in [7, 11) is 0. The predicted octanol–water partition coefficient (Wildman–Crippen LogP) is 6.74. The third-order valence-electron chi connectivity index (χ3n) is 6.65. The van der Waals surface area contributed by atoms with E-state index >= 15 is 0 Å². The molecule has 3 heterocycles. The van der Waals surface area contributed by atoms with Crippen LogP contribution in [0.2, 0.25) is 25.1 Å². The van der Waals surface area contributed by atoms with Gasteiger partial charge in [-0.2, -0.15) is 0 Å². The second-order valence-electron chi connectivity index (χ2n) is 8.63. The largest absolute Gasteiger partial charge is 0.454 e. The summed E-state index contributed by atoms with van der Waals surface area (Å²) in [5.41, 5.74) is 1.54. The summed E-state index contributed by atoms with van der Waals surface area (Å²) in [6.45, 7) is 1.89. The number of amides is 3. The molecule has 0 aromatic heterocycles. The van der Waals surface area contributed by atoms with Gasteiger partial charge >= 0.3 is 0 Å². The number of fused-ring (bicyclic) bond motifs is 2. The maximum absolute atomic E-state index is 13.7. The normalized spacial score (nSPS) is 20.0. The average molecular weight is 599 g/mol. The first-order valence-electron chi connectivity index (χ1n) is 10.8. The molecule has 3 aliphatic rings. The molecule has 188 valence electrons. The molecule has 7 nitrogen and oxygen atoms in total. The van der Waals surface area contributed by atoms with Gasteiger partial charge in [-0.3, -0.25) is 19.3 Å². The summed E-state index contributed by atoms with van der Waals surface area (Å²) < 4.78 is 10.9. The second-order valence-corrected chi connectivity index (χ2v) is 10.5. The molecule has 37 heavy (non-hydrogen) atoms. The lowest BCUT2D eigenvalue weighted by molar-refractivity contribution is -0.130. The number of hydrogen-bond donors (Lipinski definition) is 0. The van der Waals surface area contributed by atoms with Crippen molar-refractivity contribution in [2.75, 3.05) is 11.7 Å². The number of imide groups is 1. The van der Waals surface area contributed by atoms with E-state index in [1.54, 1.807) is 36.4 Å². The van der Waals surface area contributed by atoms with Crippen molar-refractivity contribution >= 4 is 81.4 Å². The Morgan fingerprint density at radius 2 is 1.35 bits per heavy atom. The van der Waals surface area contributed by atoms with Gasteiger partial charge in [-0.1, -0.05) is 70.1 Å². The molecule has 2 atom stereocenters. The molecule has 3 aromatic rings. The molecule has 3 aromatic carbocycles. The van der Waals surface area contributed by atoms with Crippen LogP contribution in [0.1, 0.15) is 37.9 Å². The molecule has 3 amide bonds. The van der Waals surface area contributed by atoms with Crippen LogP contribution in [0, 0.1) is 6.92 Å². The Labute approximate surface area is 235 Å². The van der Waals surface area contributed by atoms with Crippen molar-refractivity contribution in [3.8, 4) is 11.5 Å². The van der Waals surface area contributed by atoms with Crippen LogP contribution >= 0.6 is 58.0 Å².